The number of fused-ring (bicyclic) bond motifs is 3. The van der Waals surface area contributed by atoms with Gasteiger partial charge in [-0.25, -0.2) is 4.98 Å². The van der Waals surface area contributed by atoms with Crippen molar-refractivity contribution in [2.24, 2.45) is 28.9 Å². The third kappa shape index (κ3) is 3.19. The van der Waals surface area contributed by atoms with Crippen molar-refractivity contribution in [1.29, 1.82) is 0 Å². The molecule has 6 rings (SSSR count). The summed E-state index contributed by atoms with van der Waals surface area (Å²) in [4.78, 5) is 20.8. The number of hydrogen-bond donors (Lipinski definition) is 3. The van der Waals surface area contributed by atoms with Crippen LogP contribution >= 0.6 is 0 Å². The highest BCUT2D eigenvalue weighted by molar-refractivity contribution is 5.92. The van der Waals surface area contributed by atoms with Gasteiger partial charge in [-0.2, -0.15) is 0 Å². The predicted octanol–water partition coefficient (Wildman–Crippen LogP) is 4.73. The molecule has 32 heavy (non-hydrogen) atoms. The molecule has 0 saturated heterocycles. The number of aromatic amines is 1. The van der Waals surface area contributed by atoms with Crippen molar-refractivity contribution >= 4 is 16.8 Å². The maximum absolute atomic E-state index is 13.0. The van der Waals surface area contributed by atoms with Gasteiger partial charge in [0.25, 0.3) is 5.91 Å². The third-order valence-electron chi connectivity index (χ3n) is 8.80. The van der Waals surface area contributed by atoms with Crippen molar-refractivity contribution in [3.63, 3.8) is 0 Å². The Labute approximate surface area is 188 Å². The molecule has 1 aromatic carbocycles. The second-order valence-corrected chi connectivity index (χ2v) is 10.5. The number of hydrogen-bond acceptors (Lipinski definition) is 4. The van der Waals surface area contributed by atoms with E-state index in [-0.39, 0.29) is 17.4 Å². The molecule has 4 N–H and O–H groups in total. The van der Waals surface area contributed by atoms with Crippen LogP contribution in [0.15, 0.2) is 41.1 Å². The summed E-state index contributed by atoms with van der Waals surface area (Å²) in [6.07, 6.45) is 12.0. The summed E-state index contributed by atoms with van der Waals surface area (Å²) in [6.45, 7) is 2.20. The van der Waals surface area contributed by atoms with Gasteiger partial charge < -0.3 is 20.5 Å². The van der Waals surface area contributed by atoms with Crippen LogP contribution in [0.5, 0.6) is 0 Å². The lowest BCUT2D eigenvalue weighted by molar-refractivity contribution is 0.0519. The van der Waals surface area contributed by atoms with Gasteiger partial charge in [0, 0.05) is 23.1 Å². The second kappa shape index (κ2) is 7.48. The van der Waals surface area contributed by atoms with Gasteiger partial charge in [-0.3, -0.25) is 4.79 Å². The van der Waals surface area contributed by atoms with Crippen LogP contribution in [0, 0.1) is 23.2 Å². The molecule has 3 aliphatic rings. The van der Waals surface area contributed by atoms with E-state index in [0.717, 1.165) is 34.2 Å². The summed E-state index contributed by atoms with van der Waals surface area (Å²) in [6, 6.07) is 7.90. The van der Waals surface area contributed by atoms with Gasteiger partial charge in [0.15, 0.2) is 5.69 Å². The highest BCUT2D eigenvalue weighted by Gasteiger charge is 2.56. The standard InChI is InChI=1S/C26H32N4O2/c1-15(26-7-6-16-8-17(12-26)10-19(26)9-16)29-24(31)23-14-32-25(30-23)21(27)11-18-13-28-22-5-3-2-4-20(18)22/h2-5,13-17,19,21,28H,6-12,27H2,1H3,(H,29,31). The Morgan fingerprint density at radius 1 is 1.31 bits per heavy atom. The number of oxazole rings is 1. The van der Waals surface area contributed by atoms with Gasteiger partial charge in [-0.1, -0.05) is 18.2 Å². The van der Waals surface area contributed by atoms with Gasteiger partial charge >= 0.3 is 0 Å². The molecular weight excluding hydrogens is 400 g/mol. The van der Waals surface area contributed by atoms with Crippen LogP contribution in [0.3, 0.4) is 0 Å². The molecule has 0 aliphatic heterocycles. The number of para-hydroxylation sites is 1. The summed E-state index contributed by atoms with van der Waals surface area (Å²) in [7, 11) is 0. The zero-order valence-corrected chi connectivity index (χ0v) is 18.6. The van der Waals surface area contributed by atoms with Crippen molar-refractivity contribution in [2.75, 3.05) is 0 Å². The molecule has 6 atom stereocenters. The van der Waals surface area contributed by atoms with Crippen molar-refractivity contribution in [3.8, 4) is 0 Å². The smallest absolute Gasteiger partial charge is 0.273 e. The molecule has 6 unspecified atom stereocenters. The molecule has 0 spiro atoms. The molecule has 3 saturated carbocycles. The highest BCUT2D eigenvalue weighted by atomic mass is 16.3. The molecule has 2 heterocycles. The number of aromatic nitrogens is 2. The Bertz CT molecular complexity index is 1150. The topological polar surface area (TPSA) is 96.9 Å². The average Bonchev–Trinajstić information content (AvgIpc) is 3.47. The van der Waals surface area contributed by atoms with Gasteiger partial charge in [-0.05, 0) is 86.7 Å². The van der Waals surface area contributed by atoms with Gasteiger partial charge in [0.05, 0.1) is 6.04 Å². The monoisotopic (exact) mass is 432 g/mol. The van der Waals surface area contributed by atoms with E-state index in [1.54, 1.807) is 0 Å². The highest BCUT2D eigenvalue weighted by Crippen LogP contribution is 2.63. The molecule has 0 radical (unpaired) electrons. The van der Waals surface area contributed by atoms with E-state index in [1.807, 2.05) is 24.4 Å². The fourth-order valence-electron chi connectivity index (χ4n) is 7.27. The Morgan fingerprint density at radius 3 is 3.06 bits per heavy atom. The van der Waals surface area contributed by atoms with E-state index in [1.165, 1.54) is 44.8 Å². The third-order valence-corrected chi connectivity index (χ3v) is 8.80. The lowest BCUT2D eigenvalue weighted by Crippen LogP contribution is -2.49. The number of carbonyl (C=O) groups excluding carboxylic acids is 1. The molecule has 3 aromatic rings. The van der Waals surface area contributed by atoms with Crippen LogP contribution in [0.25, 0.3) is 10.9 Å². The van der Waals surface area contributed by atoms with Crippen molar-refractivity contribution in [3.05, 3.63) is 53.9 Å². The molecule has 6 heteroatoms. The quantitative estimate of drug-likeness (QED) is 0.524. The first-order chi connectivity index (χ1) is 15.5. The molecule has 3 aliphatic carbocycles. The van der Waals surface area contributed by atoms with Crippen LogP contribution in [0.2, 0.25) is 0 Å². The minimum absolute atomic E-state index is 0.148. The number of nitrogens with one attached hydrogen (secondary N) is 2. The normalized spacial score (nSPS) is 30.5. The van der Waals surface area contributed by atoms with Crippen LogP contribution in [-0.2, 0) is 6.42 Å². The molecule has 168 valence electrons. The molecule has 3 fully saturated rings. The summed E-state index contributed by atoms with van der Waals surface area (Å²) in [5.74, 6) is 2.82. The molecule has 2 aromatic heterocycles. The Hall–Kier alpha value is -2.60. The maximum Gasteiger partial charge on any atom is 0.273 e. The van der Waals surface area contributed by atoms with E-state index in [2.05, 4.69) is 28.3 Å². The molecule has 3 bridgehead atoms. The van der Waals surface area contributed by atoms with E-state index in [0.29, 0.717) is 18.0 Å². The van der Waals surface area contributed by atoms with E-state index >= 15 is 0 Å². The fraction of sp³-hybridized carbons (Fsp3) is 0.538. The fourth-order valence-corrected chi connectivity index (χ4v) is 7.27. The lowest BCUT2D eigenvalue weighted by atomic mass is 9.61. The van der Waals surface area contributed by atoms with Crippen LogP contribution < -0.4 is 11.1 Å². The number of rotatable bonds is 6. The van der Waals surface area contributed by atoms with Crippen molar-refractivity contribution in [1.82, 2.24) is 15.3 Å². The molecular formula is C26H32N4O2. The average molecular weight is 433 g/mol. The first kappa shape index (κ1) is 20.0. The minimum atomic E-state index is -0.406. The van der Waals surface area contributed by atoms with Crippen LogP contribution in [0.1, 0.15) is 73.4 Å². The Kier molecular flexibility index (Phi) is 4.68. The number of nitrogens with zero attached hydrogens (tertiary/aromatic N) is 1. The minimum Gasteiger partial charge on any atom is -0.446 e. The largest absolute Gasteiger partial charge is 0.446 e. The number of nitrogens with two attached hydrogens (primary N) is 1. The second-order valence-electron chi connectivity index (χ2n) is 10.5. The van der Waals surface area contributed by atoms with Crippen LogP contribution in [0.4, 0.5) is 0 Å². The zero-order chi connectivity index (χ0) is 21.9. The lowest BCUT2D eigenvalue weighted by Gasteiger charge is -2.46. The SMILES string of the molecule is CC(NC(=O)c1coc(C(N)Cc2c[nH]c3ccccc23)n1)C12CCC3CC(CC1C3)C2. The number of H-pyrrole nitrogens is 1. The maximum atomic E-state index is 13.0. The molecule has 6 nitrogen and oxygen atoms in total. The van der Waals surface area contributed by atoms with E-state index in [9.17, 15) is 4.79 Å². The van der Waals surface area contributed by atoms with E-state index in [4.69, 9.17) is 10.2 Å². The Morgan fingerprint density at radius 2 is 2.16 bits per heavy atom. The van der Waals surface area contributed by atoms with Crippen molar-refractivity contribution < 1.29 is 9.21 Å². The summed E-state index contributed by atoms with van der Waals surface area (Å²) < 4.78 is 5.64. The van der Waals surface area contributed by atoms with Crippen molar-refractivity contribution in [2.45, 2.75) is 64.0 Å². The summed E-state index contributed by atoms with van der Waals surface area (Å²) in [5.41, 5.74) is 9.19. The Balaban J connectivity index is 1.14. The number of benzene rings is 1. The summed E-state index contributed by atoms with van der Waals surface area (Å²) >= 11 is 0. The number of carbonyl (C=O) groups is 1. The van der Waals surface area contributed by atoms with Gasteiger partial charge in [-0.15, -0.1) is 0 Å². The zero-order valence-electron chi connectivity index (χ0n) is 18.6. The molecule has 1 amide bonds. The van der Waals surface area contributed by atoms with Crippen LogP contribution in [-0.4, -0.2) is 21.9 Å². The van der Waals surface area contributed by atoms with Gasteiger partial charge in [0.1, 0.15) is 6.26 Å². The first-order valence-corrected chi connectivity index (χ1v) is 12.1. The number of amides is 1. The predicted molar refractivity (Wildman–Crippen MR) is 123 cm³/mol. The first-order valence-electron chi connectivity index (χ1n) is 12.1. The van der Waals surface area contributed by atoms with Gasteiger partial charge in [0.2, 0.25) is 5.89 Å². The summed E-state index contributed by atoms with van der Waals surface area (Å²) in [5, 5.41) is 4.43. The van der Waals surface area contributed by atoms with E-state index < -0.39 is 6.04 Å².